The Morgan fingerprint density at radius 1 is 1.22 bits per heavy atom. The summed E-state index contributed by atoms with van der Waals surface area (Å²) >= 11 is 0. The van der Waals surface area contributed by atoms with E-state index in [1.54, 1.807) is 37.8 Å². The number of carboxylic acids is 1. The highest BCUT2D eigenvalue weighted by molar-refractivity contribution is 6.08. The van der Waals surface area contributed by atoms with Gasteiger partial charge in [-0.05, 0) is 51.8 Å². The molecule has 1 aromatic rings. The van der Waals surface area contributed by atoms with Gasteiger partial charge in [0, 0.05) is 37.3 Å². The lowest BCUT2D eigenvalue weighted by atomic mass is 10.0. The fourth-order valence-electron chi connectivity index (χ4n) is 3.18. The summed E-state index contributed by atoms with van der Waals surface area (Å²) in [6.07, 6.45) is 2.19. The van der Waals surface area contributed by atoms with Crippen molar-refractivity contribution in [3.63, 3.8) is 0 Å². The lowest BCUT2D eigenvalue weighted by Gasteiger charge is -2.24. The number of carbonyl (C=O) groups is 3. The van der Waals surface area contributed by atoms with Crippen molar-refractivity contribution in [2.24, 2.45) is 4.99 Å². The number of rotatable bonds is 7. The van der Waals surface area contributed by atoms with Crippen LogP contribution in [0.3, 0.4) is 0 Å². The van der Waals surface area contributed by atoms with E-state index in [9.17, 15) is 24.6 Å². The monoisotopic (exact) mass is 445 g/mol. The summed E-state index contributed by atoms with van der Waals surface area (Å²) in [5.74, 6) is -1.15. The summed E-state index contributed by atoms with van der Waals surface area (Å²) in [5, 5.41) is 21.1. The molecule has 2 rings (SSSR count). The van der Waals surface area contributed by atoms with Crippen LogP contribution in [0.25, 0.3) is 6.08 Å². The molecule has 0 aromatic heterocycles. The molecule has 0 bridgehead atoms. The van der Waals surface area contributed by atoms with Crippen LogP contribution in [0, 0.1) is 0 Å². The largest absolute Gasteiger partial charge is 0.478 e. The first kappa shape index (κ1) is 25.1. The summed E-state index contributed by atoms with van der Waals surface area (Å²) in [6.45, 7) is 8.04. The highest BCUT2D eigenvalue weighted by Gasteiger charge is 2.25. The molecule has 1 heterocycles. The van der Waals surface area contributed by atoms with Gasteiger partial charge in [0.15, 0.2) is 0 Å². The number of hydrogen-bond acceptors (Lipinski definition) is 6. The van der Waals surface area contributed by atoms with Crippen LogP contribution in [0.5, 0.6) is 0 Å². The molecule has 9 heteroatoms. The third-order valence-corrected chi connectivity index (χ3v) is 4.51. The van der Waals surface area contributed by atoms with Crippen molar-refractivity contribution in [2.75, 3.05) is 19.7 Å². The van der Waals surface area contributed by atoms with E-state index in [1.165, 1.54) is 12.1 Å². The molecular weight excluding hydrogens is 414 g/mol. The number of amides is 2. The molecule has 1 aromatic carbocycles. The number of aromatic carboxylic acids is 1. The van der Waals surface area contributed by atoms with Gasteiger partial charge in [0.2, 0.25) is 5.91 Å². The van der Waals surface area contributed by atoms with Gasteiger partial charge in [-0.25, -0.2) is 14.6 Å². The molecule has 0 aliphatic carbocycles. The van der Waals surface area contributed by atoms with Gasteiger partial charge in [-0.3, -0.25) is 10.1 Å². The average Bonchev–Trinajstić information content (AvgIpc) is 2.87. The average molecular weight is 446 g/mol. The Morgan fingerprint density at radius 3 is 2.53 bits per heavy atom. The van der Waals surface area contributed by atoms with Gasteiger partial charge in [-0.1, -0.05) is 13.0 Å². The van der Waals surface area contributed by atoms with E-state index in [0.717, 1.165) is 6.42 Å². The lowest BCUT2D eigenvalue weighted by molar-refractivity contribution is -0.127. The van der Waals surface area contributed by atoms with Crippen LogP contribution >= 0.6 is 0 Å². The Hall–Kier alpha value is -3.20. The number of amidine groups is 1. The normalized spacial score (nSPS) is 13.3. The summed E-state index contributed by atoms with van der Waals surface area (Å²) < 4.78 is 5.30. The van der Waals surface area contributed by atoms with Crippen LogP contribution < -0.4 is 5.32 Å². The fourth-order valence-corrected chi connectivity index (χ4v) is 3.18. The highest BCUT2D eigenvalue weighted by atomic mass is 16.6. The number of aliphatic imine (C=N–C) groups is 1. The summed E-state index contributed by atoms with van der Waals surface area (Å²) in [5.41, 5.74) is 0.616. The predicted molar refractivity (Wildman–Crippen MR) is 121 cm³/mol. The number of nitrogens with one attached hydrogen (secondary N) is 1. The van der Waals surface area contributed by atoms with Crippen molar-refractivity contribution in [1.82, 2.24) is 10.2 Å². The van der Waals surface area contributed by atoms with E-state index < -0.39 is 17.7 Å². The SMILES string of the molecule is CCCN(CCCO)C(=O)C1=Cc2ccc(C(=O)O)cc2N=C(NC(=O)OC(C)(C)C)C1. The predicted octanol–water partition coefficient (Wildman–Crippen LogP) is 3.35. The number of aliphatic hydroxyl groups excluding tert-OH is 1. The molecule has 174 valence electrons. The van der Waals surface area contributed by atoms with Gasteiger partial charge < -0.3 is 19.8 Å². The molecule has 9 nitrogen and oxygen atoms in total. The van der Waals surface area contributed by atoms with Gasteiger partial charge >= 0.3 is 12.1 Å². The molecular formula is C23H31N3O6. The highest BCUT2D eigenvalue weighted by Crippen LogP contribution is 2.29. The van der Waals surface area contributed by atoms with E-state index in [1.807, 2.05) is 6.92 Å². The second-order valence-corrected chi connectivity index (χ2v) is 8.48. The molecule has 0 unspecified atom stereocenters. The zero-order valence-electron chi connectivity index (χ0n) is 19.0. The smallest absolute Gasteiger partial charge is 0.413 e. The van der Waals surface area contributed by atoms with Gasteiger partial charge in [0.1, 0.15) is 11.4 Å². The van der Waals surface area contributed by atoms with Crippen LogP contribution in [-0.4, -0.2) is 64.2 Å². The summed E-state index contributed by atoms with van der Waals surface area (Å²) in [7, 11) is 0. The molecule has 1 aliphatic heterocycles. The number of alkyl carbamates (subject to hydrolysis) is 1. The topological polar surface area (TPSA) is 129 Å². The molecule has 0 saturated heterocycles. The number of benzene rings is 1. The van der Waals surface area contributed by atoms with Crippen molar-refractivity contribution in [3.05, 3.63) is 34.9 Å². The summed E-state index contributed by atoms with van der Waals surface area (Å²) in [6, 6.07) is 4.43. The molecule has 2 amide bonds. The van der Waals surface area contributed by atoms with Crippen molar-refractivity contribution >= 4 is 35.6 Å². The van der Waals surface area contributed by atoms with Crippen molar-refractivity contribution in [3.8, 4) is 0 Å². The van der Waals surface area contributed by atoms with Crippen LogP contribution in [-0.2, 0) is 9.53 Å². The maximum absolute atomic E-state index is 13.3. The van der Waals surface area contributed by atoms with E-state index in [2.05, 4.69) is 10.3 Å². The zero-order valence-corrected chi connectivity index (χ0v) is 19.0. The number of carbonyl (C=O) groups excluding carboxylic acids is 2. The van der Waals surface area contributed by atoms with E-state index in [4.69, 9.17) is 4.74 Å². The number of aliphatic hydroxyl groups is 1. The molecule has 0 radical (unpaired) electrons. The minimum absolute atomic E-state index is 0.0275. The minimum Gasteiger partial charge on any atom is -0.478 e. The maximum Gasteiger partial charge on any atom is 0.413 e. The van der Waals surface area contributed by atoms with E-state index >= 15 is 0 Å². The standard InChI is InChI=1S/C23H31N3O6/c1-5-9-26(10-6-11-27)20(28)17-12-15-7-8-16(21(29)30)13-18(15)24-19(14-17)25-22(31)32-23(2,3)4/h7-8,12-13,27H,5-6,9-11,14H2,1-4H3,(H,29,30)(H,24,25,31). The fraction of sp³-hybridized carbons (Fsp3) is 0.478. The van der Waals surface area contributed by atoms with Crippen molar-refractivity contribution < 1.29 is 29.3 Å². The molecule has 32 heavy (non-hydrogen) atoms. The second-order valence-electron chi connectivity index (χ2n) is 8.48. The second kappa shape index (κ2) is 10.9. The molecule has 0 atom stereocenters. The molecule has 1 aliphatic rings. The minimum atomic E-state index is -1.10. The van der Waals surface area contributed by atoms with Crippen LogP contribution in [0.4, 0.5) is 10.5 Å². The first-order chi connectivity index (χ1) is 15.0. The van der Waals surface area contributed by atoms with Gasteiger partial charge in [-0.15, -0.1) is 0 Å². The first-order valence-electron chi connectivity index (χ1n) is 10.6. The molecule has 0 saturated carbocycles. The molecule has 3 N–H and O–H groups in total. The van der Waals surface area contributed by atoms with Crippen molar-refractivity contribution in [1.29, 1.82) is 0 Å². The Labute approximate surface area is 187 Å². The first-order valence-corrected chi connectivity index (χ1v) is 10.6. The van der Waals surface area contributed by atoms with Gasteiger partial charge in [-0.2, -0.15) is 0 Å². The number of carboxylic acid groups (broad SMARTS) is 1. The number of fused-ring (bicyclic) bond motifs is 1. The van der Waals surface area contributed by atoms with Gasteiger partial charge in [0.05, 0.1) is 11.3 Å². The Morgan fingerprint density at radius 2 is 1.94 bits per heavy atom. The van der Waals surface area contributed by atoms with Gasteiger partial charge in [0.25, 0.3) is 0 Å². The van der Waals surface area contributed by atoms with Crippen LogP contribution in [0.2, 0.25) is 0 Å². The quantitative estimate of drug-likeness (QED) is 0.590. The van der Waals surface area contributed by atoms with E-state index in [0.29, 0.717) is 36.3 Å². The number of hydrogen-bond donors (Lipinski definition) is 3. The third kappa shape index (κ3) is 7.19. The lowest BCUT2D eigenvalue weighted by Crippen LogP contribution is -2.38. The zero-order chi connectivity index (χ0) is 23.9. The summed E-state index contributed by atoms with van der Waals surface area (Å²) in [4.78, 5) is 43.1. The molecule has 0 fully saturated rings. The Bertz CT molecular complexity index is 930. The Balaban J connectivity index is 2.44. The third-order valence-electron chi connectivity index (χ3n) is 4.51. The number of ether oxygens (including phenoxy) is 1. The van der Waals surface area contributed by atoms with E-state index in [-0.39, 0.29) is 30.3 Å². The number of nitrogens with zero attached hydrogens (tertiary/aromatic N) is 2. The molecule has 0 spiro atoms. The van der Waals surface area contributed by atoms with Crippen molar-refractivity contribution in [2.45, 2.75) is 52.6 Å². The Kier molecular flexibility index (Phi) is 8.54. The van der Waals surface area contributed by atoms with Crippen LogP contribution in [0.15, 0.2) is 28.8 Å². The maximum atomic E-state index is 13.3. The van der Waals surface area contributed by atoms with Crippen LogP contribution in [0.1, 0.15) is 62.9 Å².